The SMILES string of the molecule is [C-]#[O+].[C-]#[O+].[C-]#[O+].[C-]#[O+].[C-]#[O+].[C-]#[O+].[Cl][Sb][Cl].[Cl][Sb][Cl].[Mn].[Mn].[Mn].c1cc[cH-]c1.c1cc[cH-]c1.c1cc[cH-]c1. The molecule has 0 fully saturated rings. The average molecular weight is 913 g/mol. The van der Waals surface area contributed by atoms with Crippen molar-refractivity contribution >= 4 is 74.0 Å². The van der Waals surface area contributed by atoms with Crippen molar-refractivity contribution in [2.24, 2.45) is 0 Å². The van der Waals surface area contributed by atoms with E-state index in [1.54, 1.807) is 0 Å². The van der Waals surface area contributed by atoms with Crippen molar-refractivity contribution < 1.29 is 79.1 Å². The zero-order valence-electron chi connectivity index (χ0n) is 17.6. The van der Waals surface area contributed by atoms with Crippen LogP contribution in [0.1, 0.15) is 0 Å². The smallest absolute Gasteiger partial charge is 0 e. The molecule has 0 spiro atoms. The van der Waals surface area contributed by atoms with Crippen LogP contribution in [0.15, 0.2) is 91.0 Å². The minimum Gasteiger partial charge on any atom is -0.214 e. The van der Waals surface area contributed by atoms with Crippen molar-refractivity contribution in [3.63, 3.8) is 0 Å². The molecule has 6 nitrogen and oxygen atoms in total. The van der Waals surface area contributed by atoms with Crippen LogP contribution in [0.25, 0.3) is 0 Å². The molecule has 3 aromatic carbocycles. The topological polar surface area (TPSA) is 119 Å². The van der Waals surface area contributed by atoms with E-state index in [4.69, 9.17) is 63.2 Å². The van der Waals surface area contributed by atoms with E-state index in [0.29, 0.717) is 0 Å². The molecule has 0 bridgehead atoms. The van der Waals surface area contributed by atoms with Crippen LogP contribution in [0.3, 0.4) is 0 Å². The molecule has 3 aromatic rings. The predicted octanol–water partition coefficient (Wildman–Crippen LogP) is 5.98. The van der Waals surface area contributed by atoms with Gasteiger partial charge in [0.1, 0.15) is 0 Å². The summed E-state index contributed by atoms with van der Waals surface area (Å²) in [6.45, 7) is 27.0. The summed E-state index contributed by atoms with van der Waals surface area (Å²) in [6, 6.07) is 30.0. The first-order valence-electron chi connectivity index (χ1n) is 6.90. The van der Waals surface area contributed by atoms with Crippen LogP contribution < -0.4 is 0 Å². The minimum atomic E-state index is -0.706. The minimum absolute atomic E-state index is 0. The first-order chi connectivity index (χ1) is 16.3. The fourth-order valence-electron chi connectivity index (χ4n) is 0.962. The van der Waals surface area contributed by atoms with Gasteiger partial charge in [0.25, 0.3) is 0 Å². The second-order valence-corrected chi connectivity index (χ2v) is 10.6. The maximum Gasteiger partial charge on any atom is 0 e. The van der Waals surface area contributed by atoms with Crippen LogP contribution in [-0.4, -0.2) is 38.7 Å². The average Bonchev–Trinajstić information content (AvgIpc) is 3.75. The number of hydrogen-bond acceptors (Lipinski definition) is 0. The zero-order valence-corrected chi connectivity index (χ0v) is 29.3. The summed E-state index contributed by atoms with van der Waals surface area (Å²) in [5.41, 5.74) is 0. The molecule has 0 saturated carbocycles. The molecule has 197 valence electrons. The van der Waals surface area contributed by atoms with Gasteiger partial charge in [-0.1, -0.05) is 0 Å². The molecule has 3 rings (SSSR count). The first kappa shape index (κ1) is 70.9. The molecule has 0 amide bonds. The van der Waals surface area contributed by atoms with Crippen molar-refractivity contribution in [2.75, 3.05) is 0 Å². The van der Waals surface area contributed by atoms with Crippen LogP contribution in [-0.2, 0) is 79.1 Å². The quantitative estimate of drug-likeness (QED) is 0.150. The van der Waals surface area contributed by atoms with E-state index < -0.39 is 38.7 Å². The monoisotopic (exact) mass is 910 g/mol. The summed E-state index contributed by atoms with van der Waals surface area (Å²) in [5.74, 6) is 0. The van der Waals surface area contributed by atoms with Gasteiger partial charge in [0, 0.05) is 51.2 Å². The van der Waals surface area contributed by atoms with E-state index in [2.05, 4.69) is 39.9 Å². The van der Waals surface area contributed by atoms with Gasteiger partial charge in [-0.2, -0.15) is 54.6 Å². The third kappa shape index (κ3) is 159. The van der Waals surface area contributed by atoms with Gasteiger partial charge in [0.15, 0.2) is 0 Å². The molecule has 0 aromatic heterocycles. The van der Waals surface area contributed by atoms with Crippen LogP contribution in [0.5, 0.6) is 0 Å². The fraction of sp³-hybridized carbons (Fsp3) is 0. The van der Waals surface area contributed by atoms with Crippen molar-refractivity contribution in [2.45, 2.75) is 0 Å². The molecule has 0 heterocycles. The van der Waals surface area contributed by atoms with E-state index in [1.807, 2.05) is 91.0 Å². The fourth-order valence-corrected chi connectivity index (χ4v) is 0.962. The molecule has 0 aliphatic carbocycles. The third-order valence-electron chi connectivity index (χ3n) is 1.67. The Balaban J connectivity index is -0.0000000217. The van der Waals surface area contributed by atoms with Crippen LogP contribution >= 0.6 is 35.3 Å². The van der Waals surface area contributed by atoms with Gasteiger partial charge in [0.05, 0.1) is 0 Å². The number of rotatable bonds is 0. The molecule has 36 heavy (non-hydrogen) atoms. The van der Waals surface area contributed by atoms with Gasteiger partial charge in [-0.3, -0.25) is 0 Å². The van der Waals surface area contributed by atoms with Crippen LogP contribution in [0.4, 0.5) is 0 Å². The normalized spacial score (nSPS) is 4.67. The number of hydrogen-bond donors (Lipinski definition) is 0. The maximum absolute atomic E-state index is 7.50. The van der Waals surface area contributed by atoms with E-state index in [9.17, 15) is 0 Å². The predicted molar refractivity (Wildman–Crippen MR) is 125 cm³/mol. The Morgan fingerprint density at radius 3 is 0.472 bits per heavy atom. The van der Waals surface area contributed by atoms with Gasteiger partial charge in [-0.05, 0) is 0 Å². The Bertz CT molecular complexity index is 501. The molecule has 0 aliphatic rings. The Labute approximate surface area is 280 Å². The second-order valence-electron chi connectivity index (χ2n) is 3.01. The molecule has 0 atom stereocenters. The van der Waals surface area contributed by atoms with Gasteiger partial charge in [0.2, 0.25) is 0 Å². The zero-order chi connectivity index (χ0) is 28.0. The summed E-state index contributed by atoms with van der Waals surface area (Å²) in [4.78, 5) is 0. The summed E-state index contributed by atoms with van der Waals surface area (Å²) in [5, 5.41) is 0. The summed E-state index contributed by atoms with van der Waals surface area (Å²) < 4.78 is 45.0. The van der Waals surface area contributed by atoms with E-state index in [0.717, 1.165) is 0 Å². The second kappa shape index (κ2) is 137. The third-order valence-corrected chi connectivity index (χ3v) is 1.67. The van der Waals surface area contributed by atoms with E-state index >= 15 is 0 Å². The molecule has 0 aliphatic heterocycles. The Morgan fingerprint density at radius 1 is 0.361 bits per heavy atom. The van der Waals surface area contributed by atoms with Gasteiger partial charge >= 0.3 is 142 Å². The molecular weight excluding hydrogens is 898 g/mol. The van der Waals surface area contributed by atoms with E-state index in [-0.39, 0.29) is 51.2 Å². The molecular formula is C21H15Cl4Mn3O6Sb2-3. The van der Waals surface area contributed by atoms with Crippen molar-refractivity contribution in [1.29, 1.82) is 0 Å². The molecule has 15 heteroatoms. The summed E-state index contributed by atoms with van der Waals surface area (Å²) in [6.07, 6.45) is 0. The standard InChI is InChI=1S/3C5H5.6CO.4ClH.3Mn.2Sb/c3*1-2-4-5-3-1;6*1-2;;;;;;;;;/h3*1-5H;;;;;;;4*1H;;;;;/q3*-1;;;;;;;;;;;;;;2*+2/p-4. The van der Waals surface area contributed by atoms with Crippen molar-refractivity contribution in [1.82, 2.24) is 0 Å². The molecule has 5 radical (unpaired) electrons. The van der Waals surface area contributed by atoms with Crippen LogP contribution in [0, 0.1) is 39.9 Å². The number of halogens is 4. The Morgan fingerprint density at radius 2 is 0.444 bits per heavy atom. The summed E-state index contributed by atoms with van der Waals surface area (Å²) >= 11 is -1.41. The van der Waals surface area contributed by atoms with E-state index in [1.165, 1.54) is 0 Å². The molecule has 0 N–H and O–H groups in total. The first-order valence-corrected chi connectivity index (χ1v) is 19.8. The van der Waals surface area contributed by atoms with Crippen molar-refractivity contribution in [3.8, 4) is 0 Å². The van der Waals surface area contributed by atoms with Gasteiger partial charge < -0.3 is 0 Å². The summed E-state index contributed by atoms with van der Waals surface area (Å²) in [7, 11) is 19.7. The Hall–Kier alpha value is 0.845. The van der Waals surface area contributed by atoms with Gasteiger partial charge in [-0.15, -0.1) is 0 Å². The van der Waals surface area contributed by atoms with Gasteiger partial charge in [-0.25, -0.2) is 36.4 Å². The van der Waals surface area contributed by atoms with Crippen LogP contribution in [0.2, 0.25) is 0 Å². The molecule has 0 saturated heterocycles. The molecule has 0 unspecified atom stereocenters. The van der Waals surface area contributed by atoms with Crippen molar-refractivity contribution in [3.05, 3.63) is 131 Å². The Kier molecular flexibility index (Phi) is 269. The maximum atomic E-state index is 7.50. The largest absolute Gasteiger partial charge is 0.214 e.